The minimum absolute atomic E-state index is 0.0662. The van der Waals surface area contributed by atoms with Gasteiger partial charge in [-0.3, -0.25) is 0 Å². The topological polar surface area (TPSA) is 52.1 Å². The van der Waals surface area contributed by atoms with Gasteiger partial charge in [0.1, 0.15) is 14.9 Å². The van der Waals surface area contributed by atoms with E-state index in [2.05, 4.69) is 9.97 Å². The molecule has 0 amide bonds. The number of aromatic nitrogens is 2. The molecule has 0 saturated heterocycles. The Bertz CT molecular complexity index is 598. The van der Waals surface area contributed by atoms with E-state index < -0.39 is 0 Å². The molecule has 2 aromatic rings. The molecule has 0 unspecified atom stereocenters. The van der Waals surface area contributed by atoms with Crippen LogP contribution >= 0.6 is 34.5 Å². The lowest BCUT2D eigenvalue weighted by Crippen LogP contribution is -2.08. The molecule has 0 spiro atoms. The second kappa shape index (κ2) is 5.38. The van der Waals surface area contributed by atoms with Crippen LogP contribution in [0.25, 0.3) is 10.2 Å². The fraction of sp³-hybridized carbons (Fsp3) is 0.364. The van der Waals surface area contributed by atoms with Gasteiger partial charge in [-0.05, 0) is 23.6 Å². The Morgan fingerprint density at radius 1 is 1.44 bits per heavy atom. The molecule has 0 N–H and O–H groups in total. The number of fused-ring (bicyclic) bond motifs is 1. The number of rotatable bonds is 3. The quantitative estimate of drug-likeness (QED) is 0.491. The van der Waals surface area contributed by atoms with Gasteiger partial charge in [0.15, 0.2) is 0 Å². The molecule has 96 valence electrons. The smallest absolute Gasteiger partial charge is 0.348 e. The summed E-state index contributed by atoms with van der Waals surface area (Å²) >= 11 is 12.8. The number of esters is 1. The molecule has 4 nitrogen and oxygen atoms in total. The molecule has 0 fully saturated rings. The molecule has 0 bridgehead atoms. The van der Waals surface area contributed by atoms with E-state index in [1.54, 1.807) is 6.07 Å². The molecule has 18 heavy (non-hydrogen) atoms. The third-order valence-electron chi connectivity index (χ3n) is 2.07. The lowest BCUT2D eigenvalue weighted by Gasteiger charge is -2.04. The van der Waals surface area contributed by atoms with Gasteiger partial charge in [-0.15, -0.1) is 11.3 Å². The first-order valence-corrected chi connectivity index (χ1v) is 6.84. The Hall–Kier alpha value is -0.910. The number of halogens is 2. The molecule has 7 heteroatoms. The summed E-state index contributed by atoms with van der Waals surface area (Å²) in [7, 11) is 0. The highest BCUT2D eigenvalue weighted by Gasteiger charge is 2.16. The van der Waals surface area contributed by atoms with Gasteiger partial charge >= 0.3 is 5.97 Å². The number of ether oxygens (including phenoxy) is 1. The third kappa shape index (κ3) is 2.91. The lowest BCUT2D eigenvalue weighted by molar-refractivity contribution is 0.0465. The maximum absolute atomic E-state index is 11.8. The zero-order chi connectivity index (χ0) is 13.3. The lowest BCUT2D eigenvalue weighted by atomic mass is 10.2. The summed E-state index contributed by atoms with van der Waals surface area (Å²) in [6, 6.07) is 1.63. The van der Waals surface area contributed by atoms with Crippen LogP contribution < -0.4 is 0 Å². The summed E-state index contributed by atoms with van der Waals surface area (Å²) in [5, 5.41) is 0.920. The summed E-state index contributed by atoms with van der Waals surface area (Å²) in [6.07, 6.45) is 0. The van der Waals surface area contributed by atoms with Gasteiger partial charge in [0.25, 0.3) is 0 Å². The van der Waals surface area contributed by atoms with Gasteiger partial charge in [0.05, 0.1) is 6.61 Å². The molecular formula is C11H10Cl2N2O2S. The normalized spacial score (nSPS) is 11.2. The van der Waals surface area contributed by atoms with Crippen LogP contribution in [0.2, 0.25) is 10.4 Å². The summed E-state index contributed by atoms with van der Waals surface area (Å²) in [5.41, 5.74) is 0. The van der Waals surface area contributed by atoms with Gasteiger partial charge in [-0.2, -0.15) is 0 Å². The van der Waals surface area contributed by atoms with Gasteiger partial charge in [-0.1, -0.05) is 25.4 Å². The van der Waals surface area contributed by atoms with E-state index in [1.807, 2.05) is 13.8 Å². The summed E-state index contributed by atoms with van der Waals surface area (Å²) in [5.74, 6) is -0.0833. The average molecular weight is 305 g/mol. The maximum atomic E-state index is 11.8. The first-order chi connectivity index (χ1) is 8.47. The molecule has 0 saturated carbocycles. The van der Waals surface area contributed by atoms with E-state index in [4.69, 9.17) is 27.9 Å². The van der Waals surface area contributed by atoms with Gasteiger partial charge in [0, 0.05) is 5.39 Å². The van der Waals surface area contributed by atoms with Gasteiger partial charge in [0.2, 0.25) is 5.28 Å². The van der Waals surface area contributed by atoms with E-state index >= 15 is 0 Å². The van der Waals surface area contributed by atoms with Crippen molar-refractivity contribution >= 4 is 50.7 Å². The Labute approximate surface area is 118 Å². The zero-order valence-corrected chi connectivity index (χ0v) is 12.1. The number of carbonyl (C=O) groups is 1. The summed E-state index contributed by atoms with van der Waals surface area (Å²) in [4.78, 5) is 20.6. The van der Waals surface area contributed by atoms with Crippen LogP contribution in [0.3, 0.4) is 0 Å². The number of nitrogens with zero attached hydrogens (tertiary/aromatic N) is 2. The Kier molecular flexibility index (Phi) is 4.04. The van der Waals surface area contributed by atoms with Crippen LogP contribution in [-0.4, -0.2) is 22.5 Å². The highest BCUT2D eigenvalue weighted by molar-refractivity contribution is 7.20. The number of thiophene rings is 1. The fourth-order valence-corrected chi connectivity index (χ4v) is 2.74. The van der Waals surface area contributed by atoms with E-state index in [9.17, 15) is 4.79 Å². The van der Waals surface area contributed by atoms with E-state index in [-0.39, 0.29) is 16.4 Å². The van der Waals surface area contributed by atoms with Crippen molar-refractivity contribution in [3.05, 3.63) is 21.4 Å². The average Bonchev–Trinajstić information content (AvgIpc) is 2.69. The third-order valence-corrected chi connectivity index (χ3v) is 3.53. The highest BCUT2D eigenvalue weighted by Crippen LogP contribution is 2.30. The number of hydrogen-bond acceptors (Lipinski definition) is 5. The van der Waals surface area contributed by atoms with Crippen LogP contribution in [0, 0.1) is 5.92 Å². The standard InChI is InChI=1S/C11H10Cl2N2O2S/c1-5(2)4-17-10(16)7-3-6-8(12)14-11(13)15-9(6)18-7/h3,5H,4H2,1-2H3. The molecule has 2 heterocycles. The molecule has 0 atom stereocenters. The molecule has 0 radical (unpaired) electrons. The molecule has 0 aromatic carbocycles. The molecule has 0 aliphatic carbocycles. The molecule has 2 rings (SSSR count). The van der Waals surface area contributed by atoms with Crippen molar-refractivity contribution in [1.82, 2.24) is 9.97 Å². The first-order valence-electron chi connectivity index (χ1n) is 5.27. The van der Waals surface area contributed by atoms with Crippen molar-refractivity contribution in [3.8, 4) is 0 Å². The second-order valence-electron chi connectivity index (χ2n) is 4.11. The predicted molar refractivity (Wildman–Crippen MR) is 72.6 cm³/mol. The predicted octanol–water partition coefficient (Wildman–Crippen LogP) is 3.81. The summed E-state index contributed by atoms with van der Waals surface area (Å²) in [6.45, 7) is 4.33. The van der Waals surface area contributed by atoms with Crippen molar-refractivity contribution in [2.24, 2.45) is 5.92 Å². The molecule has 0 aliphatic heterocycles. The van der Waals surface area contributed by atoms with Crippen molar-refractivity contribution in [2.75, 3.05) is 6.61 Å². The minimum atomic E-state index is -0.376. The fourth-order valence-electron chi connectivity index (χ4n) is 1.28. The number of carbonyl (C=O) groups excluding carboxylic acids is 1. The first kappa shape index (κ1) is 13.5. The minimum Gasteiger partial charge on any atom is -0.461 e. The highest BCUT2D eigenvalue weighted by atomic mass is 35.5. The molecule has 0 aliphatic rings. The molecular weight excluding hydrogens is 295 g/mol. The van der Waals surface area contributed by atoms with E-state index in [0.29, 0.717) is 27.6 Å². The van der Waals surface area contributed by atoms with Crippen LogP contribution in [0.1, 0.15) is 23.5 Å². The van der Waals surface area contributed by atoms with Crippen molar-refractivity contribution in [1.29, 1.82) is 0 Å². The SMILES string of the molecule is CC(C)COC(=O)c1cc2c(Cl)nc(Cl)nc2s1. The maximum Gasteiger partial charge on any atom is 0.348 e. The largest absolute Gasteiger partial charge is 0.461 e. The summed E-state index contributed by atoms with van der Waals surface area (Å²) < 4.78 is 5.14. The van der Waals surface area contributed by atoms with Crippen molar-refractivity contribution in [2.45, 2.75) is 13.8 Å². The van der Waals surface area contributed by atoms with Gasteiger partial charge in [-0.25, -0.2) is 14.8 Å². The zero-order valence-electron chi connectivity index (χ0n) is 9.74. The number of hydrogen-bond donors (Lipinski definition) is 0. The second-order valence-corrected chi connectivity index (χ2v) is 5.83. The van der Waals surface area contributed by atoms with Crippen LogP contribution in [-0.2, 0) is 4.74 Å². The Morgan fingerprint density at radius 3 is 2.83 bits per heavy atom. The van der Waals surface area contributed by atoms with Crippen LogP contribution in [0.4, 0.5) is 0 Å². The van der Waals surface area contributed by atoms with Crippen LogP contribution in [0.15, 0.2) is 6.07 Å². The van der Waals surface area contributed by atoms with Crippen molar-refractivity contribution in [3.63, 3.8) is 0 Å². The van der Waals surface area contributed by atoms with Crippen molar-refractivity contribution < 1.29 is 9.53 Å². The van der Waals surface area contributed by atoms with Crippen LogP contribution in [0.5, 0.6) is 0 Å². The Balaban J connectivity index is 2.30. The van der Waals surface area contributed by atoms with Gasteiger partial charge < -0.3 is 4.74 Å². The van der Waals surface area contributed by atoms with E-state index in [0.717, 1.165) is 0 Å². The molecule has 2 aromatic heterocycles. The monoisotopic (exact) mass is 304 g/mol. The van der Waals surface area contributed by atoms with E-state index in [1.165, 1.54) is 11.3 Å². The Morgan fingerprint density at radius 2 is 2.17 bits per heavy atom.